The monoisotopic (exact) mass is 677 g/mol. The van der Waals surface area contributed by atoms with Gasteiger partial charge >= 0.3 is 10.8 Å². The van der Waals surface area contributed by atoms with Gasteiger partial charge in [-0.3, -0.25) is 24.1 Å². The minimum Gasteiger partial charge on any atom is -0.497 e. The first-order chi connectivity index (χ1) is 22.6. The molecule has 3 aromatic rings. The lowest BCUT2D eigenvalue weighted by Crippen LogP contribution is -2.47. The van der Waals surface area contributed by atoms with Crippen molar-refractivity contribution in [3.63, 3.8) is 0 Å². The maximum absolute atomic E-state index is 14.0. The molecule has 2 aliphatic heterocycles. The highest BCUT2D eigenvalue weighted by Crippen LogP contribution is 2.69. The van der Waals surface area contributed by atoms with Crippen LogP contribution in [0.5, 0.6) is 11.5 Å². The van der Waals surface area contributed by atoms with Gasteiger partial charge in [-0.1, -0.05) is 43.4 Å². The molecule has 13 heteroatoms. The predicted octanol–water partition coefficient (Wildman–Crippen LogP) is 4.44. The largest absolute Gasteiger partial charge is 0.497 e. The van der Waals surface area contributed by atoms with Gasteiger partial charge in [0.05, 0.1) is 24.0 Å². The molecule has 0 spiro atoms. The minimum atomic E-state index is -1.19. The molecule has 2 aromatic carbocycles. The molecule has 1 aromatic heterocycles. The Labute approximate surface area is 279 Å². The number of nitrogens with one attached hydrogen (secondary N) is 2. The summed E-state index contributed by atoms with van der Waals surface area (Å²) < 4.78 is 11.3. The zero-order chi connectivity index (χ0) is 33.1. The van der Waals surface area contributed by atoms with E-state index in [0.29, 0.717) is 23.6 Å². The van der Waals surface area contributed by atoms with E-state index in [2.05, 4.69) is 10.3 Å². The number of methoxy groups -OCH3 is 1. The molecule has 3 fully saturated rings. The SMILES string of the molecule is COc1ccc(NC(=O)COc2ccccc2[C@H]2c3sc(=O)[nH]c3SC3C4CC(C5C(=O)N(C(CC(C)C)C(=O)O)C(=O)C45)C32)cc1. The van der Waals surface area contributed by atoms with E-state index in [1.54, 1.807) is 49.2 Å². The van der Waals surface area contributed by atoms with Gasteiger partial charge in [-0.05, 0) is 66.8 Å². The van der Waals surface area contributed by atoms with Gasteiger partial charge in [-0.2, -0.15) is 0 Å². The van der Waals surface area contributed by atoms with Gasteiger partial charge in [0.1, 0.15) is 17.5 Å². The summed E-state index contributed by atoms with van der Waals surface area (Å²) in [5.41, 5.74) is 1.40. The van der Waals surface area contributed by atoms with Crippen LogP contribution in [-0.2, 0) is 19.2 Å². The summed E-state index contributed by atoms with van der Waals surface area (Å²) in [6.07, 6.45) is 0.870. The number of ether oxygens (including phenoxy) is 2. The van der Waals surface area contributed by atoms with Crippen LogP contribution in [0.25, 0.3) is 0 Å². The summed E-state index contributed by atoms with van der Waals surface area (Å²) in [6.45, 7) is 3.51. The number of H-pyrrole nitrogens is 1. The number of rotatable bonds is 10. The number of benzene rings is 2. The number of carboxylic acid groups (broad SMARTS) is 1. The molecule has 7 rings (SSSR count). The number of amides is 3. The fourth-order valence-corrected chi connectivity index (χ4v) is 11.2. The van der Waals surface area contributed by atoms with Crippen molar-refractivity contribution in [1.82, 2.24) is 9.88 Å². The van der Waals surface area contributed by atoms with Crippen LogP contribution in [0.15, 0.2) is 58.4 Å². The van der Waals surface area contributed by atoms with Gasteiger partial charge < -0.3 is 24.9 Å². The van der Waals surface area contributed by atoms with E-state index in [0.717, 1.165) is 31.7 Å². The lowest BCUT2D eigenvalue weighted by atomic mass is 9.68. The van der Waals surface area contributed by atoms with E-state index in [9.17, 15) is 29.1 Å². The van der Waals surface area contributed by atoms with Crippen LogP contribution >= 0.6 is 23.1 Å². The normalized spacial score (nSPS) is 27.7. The number of aliphatic carboxylic acids is 1. The maximum atomic E-state index is 14.0. The lowest BCUT2D eigenvalue weighted by molar-refractivity contribution is -0.156. The number of nitrogens with zero attached hydrogens (tertiary/aromatic N) is 1. The molecule has 0 radical (unpaired) electrons. The highest BCUT2D eigenvalue weighted by Gasteiger charge is 2.70. The molecule has 3 heterocycles. The number of hydrogen-bond donors (Lipinski definition) is 3. The minimum absolute atomic E-state index is 0.0148. The van der Waals surface area contributed by atoms with Crippen LogP contribution in [0, 0.1) is 35.5 Å². The number of aromatic nitrogens is 1. The molecule has 1 saturated heterocycles. The van der Waals surface area contributed by atoms with Crippen molar-refractivity contribution in [3.05, 3.63) is 68.6 Å². The number of thiazole rings is 1. The molecular weight excluding hydrogens is 643 g/mol. The average Bonchev–Trinajstić information content (AvgIpc) is 3.78. The second kappa shape index (κ2) is 12.2. The van der Waals surface area contributed by atoms with Crippen LogP contribution in [0.4, 0.5) is 5.69 Å². The van der Waals surface area contributed by atoms with E-state index in [1.807, 2.05) is 32.0 Å². The predicted molar refractivity (Wildman–Crippen MR) is 175 cm³/mol. The molecule has 3 amide bonds. The van der Waals surface area contributed by atoms with Crippen molar-refractivity contribution in [2.45, 2.75) is 48.9 Å². The van der Waals surface area contributed by atoms with Crippen LogP contribution < -0.4 is 19.7 Å². The van der Waals surface area contributed by atoms with E-state index in [1.165, 1.54) is 0 Å². The first-order valence-corrected chi connectivity index (χ1v) is 17.4. The number of carboxylic acids is 1. The van der Waals surface area contributed by atoms with Crippen LogP contribution in [0.2, 0.25) is 0 Å². The van der Waals surface area contributed by atoms with Gasteiger partial charge in [0.25, 0.3) is 5.91 Å². The average molecular weight is 678 g/mol. The fraction of sp³-hybridized carbons (Fsp3) is 0.441. The van der Waals surface area contributed by atoms with Gasteiger partial charge in [-0.15, -0.1) is 11.8 Å². The third-order valence-electron chi connectivity index (χ3n) is 10.0. The first-order valence-electron chi connectivity index (χ1n) is 15.7. The molecule has 2 bridgehead atoms. The Bertz CT molecular complexity index is 1800. The summed E-state index contributed by atoms with van der Waals surface area (Å²) in [6, 6.07) is 13.2. The molecule has 11 nitrogen and oxygen atoms in total. The number of para-hydroxylation sites is 1. The van der Waals surface area contributed by atoms with Crippen LogP contribution in [-0.4, -0.2) is 63.7 Å². The molecule has 246 valence electrons. The van der Waals surface area contributed by atoms with E-state index in [-0.39, 0.29) is 64.6 Å². The second-order valence-electron chi connectivity index (χ2n) is 13.1. The van der Waals surface area contributed by atoms with Crippen molar-refractivity contribution in [1.29, 1.82) is 0 Å². The number of carbonyl (C=O) groups is 4. The standard InChI is InChI=1S/C34H35N3O8S2/c1-15(2)12-21(33(41)42)37-31(39)26-19-13-20(27(26)32(37)40)28-25(19)24(29-30(46-28)36-34(43)47-29)18-6-4-5-7-22(18)45-14-23(38)35-16-8-10-17(44-3)11-9-16/h4-11,15,19-21,24-28H,12-14H2,1-3H3,(H,35,38)(H,36,43)(H,41,42)/t19?,20?,21?,24-,25?,26?,27?,28?/m1/s1. The Balaban J connectivity index is 1.19. The van der Waals surface area contributed by atoms with Gasteiger partial charge in [0.15, 0.2) is 6.61 Å². The molecule has 2 saturated carbocycles. The molecule has 3 N–H and O–H groups in total. The number of fused-ring (bicyclic) bond motifs is 9. The topological polar surface area (TPSA) is 155 Å². The van der Waals surface area contributed by atoms with Gasteiger partial charge in [0, 0.05) is 27.3 Å². The summed E-state index contributed by atoms with van der Waals surface area (Å²) in [5.74, 6) is -3.06. The molecule has 2 aliphatic carbocycles. The number of thioether (sulfide) groups is 1. The summed E-state index contributed by atoms with van der Waals surface area (Å²) in [4.78, 5) is 70.5. The van der Waals surface area contributed by atoms with Crippen molar-refractivity contribution in [2.75, 3.05) is 19.0 Å². The number of hydrogen-bond acceptors (Lipinski definition) is 9. The molecule has 4 aliphatic rings. The highest BCUT2D eigenvalue weighted by atomic mass is 32.2. The highest BCUT2D eigenvalue weighted by molar-refractivity contribution is 8.00. The van der Waals surface area contributed by atoms with Crippen LogP contribution in [0.3, 0.4) is 0 Å². The number of imide groups is 1. The Morgan fingerprint density at radius 3 is 2.43 bits per heavy atom. The summed E-state index contributed by atoms with van der Waals surface area (Å²) >= 11 is 2.69. The number of carbonyl (C=O) groups excluding carboxylic acids is 3. The zero-order valence-corrected chi connectivity index (χ0v) is 27.6. The summed E-state index contributed by atoms with van der Waals surface area (Å²) in [7, 11) is 1.57. The smallest absolute Gasteiger partial charge is 0.326 e. The van der Waals surface area contributed by atoms with E-state index >= 15 is 0 Å². The third kappa shape index (κ3) is 5.33. The van der Waals surface area contributed by atoms with Crippen molar-refractivity contribution in [3.8, 4) is 11.5 Å². The summed E-state index contributed by atoms with van der Waals surface area (Å²) in [5, 5.41) is 13.5. The number of likely N-dealkylation sites (tertiary alicyclic amines) is 1. The number of anilines is 1. The van der Waals surface area contributed by atoms with Crippen LogP contribution in [0.1, 0.15) is 43.0 Å². The van der Waals surface area contributed by atoms with E-state index in [4.69, 9.17) is 9.47 Å². The third-order valence-corrected chi connectivity index (χ3v) is 12.6. The molecular formula is C34H35N3O8S2. The zero-order valence-electron chi connectivity index (χ0n) is 26.0. The van der Waals surface area contributed by atoms with Crippen molar-refractivity contribution >= 4 is 52.5 Å². The Morgan fingerprint density at radius 2 is 1.74 bits per heavy atom. The Hall–Kier alpha value is -4.10. The lowest BCUT2D eigenvalue weighted by Gasteiger charge is -2.43. The Morgan fingerprint density at radius 1 is 1.04 bits per heavy atom. The van der Waals surface area contributed by atoms with Crippen molar-refractivity contribution in [2.24, 2.45) is 35.5 Å². The van der Waals surface area contributed by atoms with E-state index < -0.39 is 29.8 Å². The second-order valence-corrected chi connectivity index (χ2v) is 15.3. The van der Waals surface area contributed by atoms with Gasteiger partial charge in [0.2, 0.25) is 11.8 Å². The van der Waals surface area contributed by atoms with Gasteiger partial charge in [-0.25, -0.2) is 4.79 Å². The first kappa shape index (κ1) is 31.5. The molecule has 47 heavy (non-hydrogen) atoms. The molecule has 7 unspecified atom stereocenters. The number of aromatic amines is 1. The fourth-order valence-electron chi connectivity index (χ4n) is 8.34. The van der Waals surface area contributed by atoms with Crippen molar-refractivity contribution < 1.29 is 33.8 Å². The quantitative estimate of drug-likeness (QED) is 0.264. The maximum Gasteiger partial charge on any atom is 0.326 e. The Kier molecular flexibility index (Phi) is 8.15. The molecule has 8 atom stereocenters.